The van der Waals surface area contributed by atoms with Crippen molar-refractivity contribution in [3.63, 3.8) is 0 Å². The molecule has 0 aliphatic heterocycles. The molecule has 0 aromatic heterocycles. The van der Waals surface area contributed by atoms with Gasteiger partial charge >= 0.3 is 0 Å². The first kappa shape index (κ1) is 13.0. The molecule has 0 bridgehead atoms. The van der Waals surface area contributed by atoms with Crippen LogP contribution in [-0.2, 0) is 0 Å². The van der Waals surface area contributed by atoms with E-state index in [1.165, 1.54) is 51.4 Å². The van der Waals surface area contributed by atoms with Gasteiger partial charge in [0, 0.05) is 6.04 Å². The molecule has 1 fully saturated rings. The van der Waals surface area contributed by atoms with E-state index in [0.29, 0.717) is 6.04 Å². The number of nitrogens with one attached hydrogen (secondary N) is 1. The van der Waals surface area contributed by atoms with Crippen LogP contribution in [0.15, 0.2) is 0 Å². The second-order valence-corrected chi connectivity index (χ2v) is 5.30. The van der Waals surface area contributed by atoms with Crippen LogP contribution in [0.5, 0.6) is 0 Å². The minimum atomic E-state index is 0.569. The third-order valence-electron chi connectivity index (χ3n) is 3.88. The summed E-state index contributed by atoms with van der Waals surface area (Å²) in [6.07, 6.45) is 10.8. The van der Waals surface area contributed by atoms with Gasteiger partial charge in [0.25, 0.3) is 0 Å². The van der Waals surface area contributed by atoms with Crippen LogP contribution in [0.4, 0.5) is 0 Å². The van der Waals surface area contributed by atoms with Crippen LogP contribution in [0.25, 0.3) is 0 Å². The molecule has 3 atom stereocenters. The third-order valence-corrected chi connectivity index (χ3v) is 3.88. The fourth-order valence-corrected chi connectivity index (χ4v) is 2.92. The van der Waals surface area contributed by atoms with Crippen molar-refractivity contribution >= 4 is 0 Å². The van der Waals surface area contributed by atoms with Crippen LogP contribution in [0.1, 0.15) is 65.2 Å². The Morgan fingerprint density at radius 3 is 2.73 bits per heavy atom. The van der Waals surface area contributed by atoms with E-state index >= 15 is 0 Å². The Labute approximate surface area is 95.0 Å². The molecular formula is C13H28N2. The summed E-state index contributed by atoms with van der Waals surface area (Å²) in [6, 6.07) is 0.569. The van der Waals surface area contributed by atoms with Gasteiger partial charge in [-0.25, -0.2) is 0 Å². The average Bonchev–Trinajstić information content (AvgIpc) is 2.24. The first-order valence-corrected chi connectivity index (χ1v) is 6.74. The van der Waals surface area contributed by atoms with Gasteiger partial charge in [0.2, 0.25) is 0 Å². The molecule has 0 amide bonds. The highest BCUT2D eigenvalue weighted by molar-refractivity contribution is 4.80. The Kier molecular flexibility index (Phi) is 6.26. The number of rotatable bonds is 6. The van der Waals surface area contributed by atoms with Crippen molar-refractivity contribution in [2.45, 2.75) is 71.3 Å². The van der Waals surface area contributed by atoms with Crippen LogP contribution < -0.4 is 11.3 Å². The van der Waals surface area contributed by atoms with E-state index in [2.05, 4.69) is 19.3 Å². The van der Waals surface area contributed by atoms with Crippen LogP contribution in [0.2, 0.25) is 0 Å². The van der Waals surface area contributed by atoms with Crippen LogP contribution in [-0.4, -0.2) is 6.04 Å². The van der Waals surface area contributed by atoms with Gasteiger partial charge in [-0.1, -0.05) is 46.0 Å². The van der Waals surface area contributed by atoms with Gasteiger partial charge in [0.1, 0.15) is 0 Å². The third kappa shape index (κ3) is 4.52. The maximum absolute atomic E-state index is 5.68. The van der Waals surface area contributed by atoms with Crippen molar-refractivity contribution < 1.29 is 0 Å². The summed E-state index contributed by atoms with van der Waals surface area (Å²) in [5.74, 6) is 7.42. The fourth-order valence-electron chi connectivity index (χ4n) is 2.92. The van der Waals surface area contributed by atoms with E-state index in [1.807, 2.05) is 0 Å². The summed E-state index contributed by atoms with van der Waals surface area (Å²) in [6.45, 7) is 4.64. The molecule has 15 heavy (non-hydrogen) atoms. The molecule has 1 aliphatic carbocycles. The molecule has 1 saturated carbocycles. The Bertz CT molecular complexity index is 159. The number of unbranched alkanes of at least 4 members (excludes halogenated alkanes) is 2. The lowest BCUT2D eigenvalue weighted by Crippen LogP contribution is -2.42. The van der Waals surface area contributed by atoms with Gasteiger partial charge in [0.05, 0.1) is 0 Å². The second-order valence-electron chi connectivity index (χ2n) is 5.30. The zero-order chi connectivity index (χ0) is 11.1. The zero-order valence-corrected chi connectivity index (χ0v) is 10.5. The lowest BCUT2D eigenvalue weighted by Gasteiger charge is -2.33. The van der Waals surface area contributed by atoms with Gasteiger partial charge in [-0.3, -0.25) is 11.3 Å². The Morgan fingerprint density at radius 1 is 1.33 bits per heavy atom. The Morgan fingerprint density at radius 2 is 2.13 bits per heavy atom. The molecular weight excluding hydrogens is 184 g/mol. The monoisotopic (exact) mass is 212 g/mol. The molecule has 0 aromatic rings. The van der Waals surface area contributed by atoms with Crippen LogP contribution in [0.3, 0.4) is 0 Å². The SMILES string of the molecule is CCCCCC(NN)C1CCCC(C)C1. The Hall–Kier alpha value is -0.0800. The predicted molar refractivity (Wildman–Crippen MR) is 66.4 cm³/mol. The predicted octanol–water partition coefficient (Wildman–Crippen LogP) is 3.22. The first-order valence-electron chi connectivity index (χ1n) is 6.74. The van der Waals surface area contributed by atoms with E-state index in [9.17, 15) is 0 Å². The summed E-state index contributed by atoms with van der Waals surface area (Å²) in [5, 5.41) is 0. The van der Waals surface area contributed by atoms with E-state index in [1.54, 1.807) is 0 Å². The lowest BCUT2D eigenvalue weighted by atomic mass is 9.77. The maximum atomic E-state index is 5.68. The van der Waals surface area contributed by atoms with Gasteiger partial charge in [-0.15, -0.1) is 0 Å². The summed E-state index contributed by atoms with van der Waals surface area (Å²) in [4.78, 5) is 0. The minimum Gasteiger partial charge on any atom is -0.271 e. The van der Waals surface area contributed by atoms with E-state index < -0.39 is 0 Å². The summed E-state index contributed by atoms with van der Waals surface area (Å²) < 4.78 is 0. The molecule has 0 heterocycles. The highest BCUT2D eigenvalue weighted by Gasteiger charge is 2.25. The second kappa shape index (κ2) is 7.24. The van der Waals surface area contributed by atoms with Gasteiger partial charge in [-0.2, -0.15) is 0 Å². The minimum absolute atomic E-state index is 0.569. The number of nitrogens with two attached hydrogens (primary N) is 1. The molecule has 3 unspecified atom stereocenters. The standard InChI is InChI=1S/C13H28N2/c1-3-4-5-9-13(15-14)12-8-6-7-11(2)10-12/h11-13,15H,3-10,14H2,1-2H3. The van der Waals surface area contributed by atoms with E-state index in [-0.39, 0.29) is 0 Å². The van der Waals surface area contributed by atoms with Gasteiger partial charge < -0.3 is 0 Å². The highest BCUT2D eigenvalue weighted by atomic mass is 15.2. The summed E-state index contributed by atoms with van der Waals surface area (Å²) >= 11 is 0. The number of hydrogen-bond acceptors (Lipinski definition) is 2. The van der Waals surface area contributed by atoms with Crippen molar-refractivity contribution in [3.8, 4) is 0 Å². The molecule has 0 radical (unpaired) electrons. The molecule has 3 N–H and O–H groups in total. The molecule has 0 spiro atoms. The quantitative estimate of drug-likeness (QED) is 0.403. The van der Waals surface area contributed by atoms with Gasteiger partial charge in [-0.05, 0) is 31.1 Å². The molecule has 0 aromatic carbocycles. The molecule has 2 nitrogen and oxygen atoms in total. The summed E-state index contributed by atoms with van der Waals surface area (Å²) in [7, 11) is 0. The molecule has 90 valence electrons. The van der Waals surface area contributed by atoms with Gasteiger partial charge in [0.15, 0.2) is 0 Å². The van der Waals surface area contributed by atoms with E-state index in [0.717, 1.165) is 11.8 Å². The zero-order valence-electron chi connectivity index (χ0n) is 10.5. The van der Waals surface area contributed by atoms with Crippen LogP contribution >= 0.6 is 0 Å². The largest absolute Gasteiger partial charge is 0.271 e. The fraction of sp³-hybridized carbons (Fsp3) is 1.00. The number of hydrogen-bond donors (Lipinski definition) is 2. The highest BCUT2D eigenvalue weighted by Crippen LogP contribution is 2.32. The normalized spacial score (nSPS) is 29.0. The molecule has 1 aliphatic rings. The maximum Gasteiger partial charge on any atom is 0.0238 e. The summed E-state index contributed by atoms with van der Waals surface area (Å²) in [5.41, 5.74) is 3.05. The van der Waals surface area contributed by atoms with Crippen molar-refractivity contribution in [1.82, 2.24) is 5.43 Å². The van der Waals surface area contributed by atoms with Crippen molar-refractivity contribution in [2.75, 3.05) is 0 Å². The van der Waals surface area contributed by atoms with Crippen LogP contribution in [0, 0.1) is 11.8 Å². The Balaban J connectivity index is 2.29. The smallest absolute Gasteiger partial charge is 0.0238 e. The molecule has 0 saturated heterocycles. The van der Waals surface area contributed by atoms with E-state index in [4.69, 9.17) is 5.84 Å². The topological polar surface area (TPSA) is 38.0 Å². The van der Waals surface area contributed by atoms with Crippen molar-refractivity contribution in [3.05, 3.63) is 0 Å². The number of hydrazine groups is 1. The average molecular weight is 212 g/mol. The molecule has 1 rings (SSSR count). The van der Waals surface area contributed by atoms with Crippen molar-refractivity contribution in [1.29, 1.82) is 0 Å². The first-order chi connectivity index (χ1) is 7.27. The van der Waals surface area contributed by atoms with Crippen molar-refractivity contribution in [2.24, 2.45) is 17.7 Å². The molecule has 2 heteroatoms. The lowest BCUT2D eigenvalue weighted by molar-refractivity contribution is 0.213.